The molecule has 0 aliphatic rings. The quantitative estimate of drug-likeness (QED) is 0.452. The number of rotatable bonds is 9. The fourth-order valence-corrected chi connectivity index (χ4v) is 3.62. The van der Waals surface area contributed by atoms with Crippen molar-refractivity contribution >= 4 is 29.2 Å². The first-order valence-electron chi connectivity index (χ1n) is 11.0. The average Bonchev–Trinajstić information content (AvgIpc) is 3.45. The molecule has 1 unspecified atom stereocenters. The fraction of sp³-hybridized carbons (Fsp3) is 0.360. The monoisotopic (exact) mass is 470 g/mol. The number of nitrogens with one attached hydrogen (secondary N) is 1. The molecule has 7 nitrogen and oxygen atoms in total. The van der Waals surface area contributed by atoms with Crippen molar-refractivity contribution in [2.45, 2.75) is 46.3 Å². The van der Waals surface area contributed by atoms with Crippen LogP contribution >= 0.6 is 11.6 Å². The lowest BCUT2D eigenvalue weighted by molar-refractivity contribution is -0.133. The van der Waals surface area contributed by atoms with Gasteiger partial charge in [0.2, 0.25) is 5.91 Å². The predicted molar refractivity (Wildman–Crippen MR) is 130 cm³/mol. The van der Waals surface area contributed by atoms with Crippen LogP contribution in [0.2, 0.25) is 5.02 Å². The number of aromatic nitrogens is 1. The van der Waals surface area contributed by atoms with Crippen LogP contribution < -0.4 is 5.32 Å². The summed E-state index contributed by atoms with van der Waals surface area (Å²) in [7, 11) is 1.94. The van der Waals surface area contributed by atoms with Crippen molar-refractivity contribution in [2.24, 2.45) is 7.05 Å². The summed E-state index contributed by atoms with van der Waals surface area (Å²) in [6, 6.07) is 12.4. The molecule has 0 bridgehead atoms. The number of carbonyl (C=O) groups excluding carboxylic acids is 2. The van der Waals surface area contributed by atoms with Crippen molar-refractivity contribution in [2.75, 3.05) is 11.9 Å². The van der Waals surface area contributed by atoms with Crippen LogP contribution in [-0.4, -0.2) is 38.9 Å². The van der Waals surface area contributed by atoms with Crippen LogP contribution in [0, 0.1) is 6.92 Å². The zero-order valence-corrected chi connectivity index (χ0v) is 20.3. The summed E-state index contributed by atoms with van der Waals surface area (Å²) in [5.41, 5.74) is 2.51. The second kappa shape index (κ2) is 11.1. The first-order chi connectivity index (χ1) is 15.8. The third kappa shape index (κ3) is 6.42. The molecule has 2 aromatic heterocycles. The van der Waals surface area contributed by atoms with Crippen LogP contribution in [0.15, 0.2) is 59.3 Å². The van der Waals surface area contributed by atoms with Gasteiger partial charge in [-0.3, -0.25) is 4.79 Å². The Morgan fingerprint density at radius 2 is 1.97 bits per heavy atom. The number of urea groups is 1. The molecule has 0 fully saturated rings. The van der Waals surface area contributed by atoms with Crippen LogP contribution in [0.5, 0.6) is 0 Å². The molecular weight excluding hydrogens is 440 g/mol. The van der Waals surface area contributed by atoms with Gasteiger partial charge >= 0.3 is 6.03 Å². The Bertz CT molecular complexity index is 1080. The molecule has 33 heavy (non-hydrogen) atoms. The molecule has 3 rings (SSSR count). The summed E-state index contributed by atoms with van der Waals surface area (Å²) in [6.45, 7) is 6.50. The number of halogens is 1. The number of hydrogen-bond donors (Lipinski definition) is 1. The summed E-state index contributed by atoms with van der Waals surface area (Å²) in [6.07, 6.45) is 4.24. The van der Waals surface area contributed by atoms with Gasteiger partial charge in [-0.2, -0.15) is 0 Å². The topological polar surface area (TPSA) is 70.7 Å². The van der Waals surface area contributed by atoms with Gasteiger partial charge in [-0.15, -0.1) is 0 Å². The highest BCUT2D eigenvalue weighted by atomic mass is 35.5. The van der Waals surface area contributed by atoms with E-state index in [1.54, 1.807) is 34.3 Å². The molecule has 1 N–H and O–H groups in total. The number of hydrogen-bond acceptors (Lipinski definition) is 3. The number of aryl methyl sites for hydroxylation is 2. The zero-order chi connectivity index (χ0) is 24.0. The largest absolute Gasteiger partial charge is 0.467 e. The molecule has 0 saturated heterocycles. The minimum Gasteiger partial charge on any atom is -0.467 e. The zero-order valence-electron chi connectivity index (χ0n) is 19.5. The fourth-order valence-electron chi connectivity index (χ4n) is 3.44. The number of carbonyl (C=O) groups is 2. The maximum atomic E-state index is 13.4. The lowest BCUT2D eigenvalue weighted by atomic mass is 10.2. The second-order valence-electron chi connectivity index (χ2n) is 8.22. The van der Waals surface area contributed by atoms with Gasteiger partial charge in [0.1, 0.15) is 12.3 Å². The van der Waals surface area contributed by atoms with Crippen LogP contribution in [0.4, 0.5) is 10.5 Å². The Morgan fingerprint density at radius 1 is 1.18 bits per heavy atom. The van der Waals surface area contributed by atoms with Crippen molar-refractivity contribution in [1.82, 2.24) is 14.4 Å². The second-order valence-corrected chi connectivity index (χ2v) is 8.63. The summed E-state index contributed by atoms with van der Waals surface area (Å²) in [5.74, 6) is 0.524. The van der Waals surface area contributed by atoms with Gasteiger partial charge in [-0.1, -0.05) is 24.6 Å². The number of furan rings is 1. The molecule has 0 saturated carbocycles. The van der Waals surface area contributed by atoms with E-state index in [9.17, 15) is 9.59 Å². The van der Waals surface area contributed by atoms with Gasteiger partial charge in [-0.05, 0) is 62.2 Å². The third-order valence-electron chi connectivity index (χ3n) is 5.80. The third-order valence-corrected chi connectivity index (χ3v) is 6.20. The molecule has 8 heteroatoms. The molecule has 1 atom stereocenters. The number of benzene rings is 1. The average molecular weight is 471 g/mol. The smallest absolute Gasteiger partial charge is 0.322 e. The van der Waals surface area contributed by atoms with Crippen LogP contribution in [0.3, 0.4) is 0 Å². The molecule has 176 valence electrons. The van der Waals surface area contributed by atoms with E-state index in [0.717, 1.165) is 11.3 Å². The van der Waals surface area contributed by atoms with E-state index in [-0.39, 0.29) is 24.5 Å². The summed E-state index contributed by atoms with van der Waals surface area (Å²) in [5, 5.41) is 3.45. The maximum Gasteiger partial charge on any atom is 0.322 e. The molecule has 0 spiro atoms. The SMILES string of the molecule is CCC(C)N(CC(=O)N(Cc1ccco1)Cc1cccn1C)C(=O)Nc1ccc(C)c(Cl)c1. The highest BCUT2D eigenvalue weighted by Crippen LogP contribution is 2.21. The van der Waals surface area contributed by atoms with Gasteiger partial charge in [0.05, 0.1) is 19.4 Å². The van der Waals surface area contributed by atoms with Gasteiger partial charge in [0, 0.05) is 35.7 Å². The van der Waals surface area contributed by atoms with Crippen LogP contribution in [0.1, 0.15) is 37.3 Å². The molecule has 3 aromatic rings. The molecule has 0 aliphatic carbocycles. The lowest BCUT2D eigenvalue weighted by Gasteiger charge is -2.31. The Labute approximate surface area is 199 Å². The predicted octanol–water partition coefficient (Wildman–Crippen LogP) is 5.44. The van der Waals surface area contributed by atoms with E-state index in [0.29, 0.717) is 36.0 Å². The molecule has 2 heterocycles. The van der Waals surface area contributed by atoms with Crippen LogP contribution in [-0.2, 0) is 24.9 Å². The highest BCUT2D eigenvalue weighted by Gasteiger charge is 2.26. The normalized spacial score (nSPS) is 11.8. The van der Waals surface area contributed by atoms with E-state index in [1.165, 1.54) is 0 Å². The van der Waals surface area contributed by atoms with Crippen molar-refractivity contribution in [3.05, 3.63) is 77.0 Å². The van der Waals surface area contributed by atoms with Crippen molar-refractivity contribution in [3.63, 3.8) is 0 Å². The van der Waals surface area contributed by atoms with Crippen molar-refractivity contribution < 1.29 is 14.0 Å². The summed E-state index contributed by atoms with van der Waals surface area (Å²) >= 11 is 6.20. The van der Waals surface area contributed by atoms with Crippen LogP contribution in [0.25, 0.3) is 0 Å². The molecule has 1 aromatic carbocycles. The van der Waals surface area contributed by atoms with Gasteiger partial charge in [0.25, 0.3) is 0 Å². The molecular formula is C25H31ClN4O3. The van der Waals surface area contributed by atoms with Gasteiger partial charge < -0.3 is 24.1 Å². The highest BCUT2D eigenvalue weighted by molar-refractivity contribution is 6.31. The van der Waals surface area contributed by atoms with E-state index < -0.39 is 0 Å². The standard InChI is InChI=1S/C25H31ClN4O3/c1-5-19(3)30(25(32)27-20-11-10-18(2)23(26)14-20)17-24(31)29(16-22-9-7-13-33-22)15-21-8-6-12-28(21)4/h6-14,19H,5,15-17H2,1-4H3,(H,27,32). The van der Waals surface area contributed by atoms with E-state index in [4.69, 9.17) is 16.0 Å². The first-order valence-corrected chi connectivity index (χ1v) is 11.4. The minimum absolute atomic E-state index is 0.0500. The maximum absolute atomic E-state index is 13.4. The molecule has 0 aliphatic heterocycles. The Morgan fingerprint density at radius 3 is 2.58 bits per heavy atom. The van der Waals surface area contributed by atoms with Gasteiger partial charge in [-0.25, -0.2) is 4.79 Å². The molecule has 0 radical (unpaired) electrons. The van der Waals surface area contributed by atoms with E-state index >= 15 is 0 Å². The molecule has 3 amide bonds. The summed E-state index contributed by atoms with van der Waals surface area (Å²) < 4.78 is 7.45. The summed E-state index contributed by atoms with van der Waals surface area (Å²) in [4.78, 5) is 29.8. The van der Waals surface area contributed by atoms with Gasteiger partial charge in [0.15, 0.2) is 0 Å². The Kier molecular flexibility index (Phi) is 8.22. The number of nitrogens with zero attached hydrogens (tertiary/aromatic N) is 3. The van der Waals surface area contributed by atoms with Crippen molar-refractivity contribution in [1.29, 1.82) is 0 Å². The minimum atomic E-state index is -0.338. The van der Waals surface area contributed by atoms with E-state index in [1.807, 2.05) is 62.8 Å². The van der Waals surface area contributed by atoms with E-state index in [2.05, 4.69) is 5.32 Å². The lowest BCUT2D eigenvalue weighted by Crippen LogP contribution is -2.48. The Balaban J connectivity index is 1.78. The number of anilines is 1. The van der Waals surface area contributed by atoms with Crippen molar-refractivity contribution in [3.8, 4) is 0 Å². The Hall–Kier alpha value is -3.19. The number of amides is 3. The first kappa shape index (κ1) is 24.5.